The molecule has 3 rings (SSSR count). The highest BCUT2D eigenvalue weighted by atomic mass is 127. The first-order valence-electron chi connectivity index (χ1n) is 10.4. The molecule has 0 aliphatic rings. The molecule has 6 nitrogen and oxygen atoms in total. The highest BCUT2D eigenvalue weighted by molar-refractivity contribution is 14.0. The molecule has 3 aromatic rings. The molecule has 0 spiro atoms. The Morgan fingerprint density at radius 1 is 1.03 bits per heavy atom. The van der Waals surface area contributed by atoms with Crippen molar-refractivity contribution in [3.8, 4) is 5.69 Å². The summed E-state index contributed by atoms with van der Waals surface area (Å²) in [4.78, 5) is 6.28. The molecular formula is C24H32FIN6. The summed E-state index contributed by atoms with van der Waals surface area (Å²) in [6, 6.07) is 15.5. The summed E-state index contributed by atoms with van der Waals surface area (Å²) in [6.45, 7) is 5.77. The van der Waals surface area contributed by atoms with Crippen LogP contribution in [0, 0.1) is 19.7 Å². The summed E-state index contributed by atoms with van der Waals surface area (Å²) in [5.41, 5.74) is 5.94. The topological polar surface area (TPSA) is 57.5 Å². The fourth-order valence-corrected chi connectivity index (χ4v) is 3.52. The van der Waals surface area contributed by atoms with Crippen molar-refractivity contribution in [1.29, 1.82) is 0 Å². The first-order valence-corrected chi connectivity index (χ1v) is 10.4. The lowest BCUT2D eigenvalue weighted by Gasteiger charge is -2.16. The van der Waals surface area contributed by atoms with Crippen molar-refractivity contribution in [2.75, 3.05) is 21.1 Å². The zero-order valence-electron chi connectivity index (χ0n) is 19.3. The van der Waals surface area contributed by atoms with Crippen LogP contribution in [0.4, 0.5) is 4.39 Å². The predicted octanol–water partition coefficient (Wildman–Crippen LogP) is 4.17. The van der Waals surface area contributed by atoms with E-state index < -0.39 is 0 Å². The van der Waals surface area contributed by atoms with Crippen LogP contribution in [0.2, 0.25) is 0 Å². The maximum atomic E-state index is 14.0. The number of guanidine groups is 1. The molecule has 8 heteroatoms. The quantitative estimate of drug-likeness (QED) is 0.264. The Morgan fingerprint density at radius 2 is 1.75 bits per heavy atom. The summed E-state index contributed by atoms with van der Waals surface area (Å²) < 4.78 is 16.0. The molecule has 0 amide bonds. The van der Waals surface area contributed by atoms with Crippen molar-refractivity contribution in [1.82, 2.24) is 25.3 Å². The molecule has 1 aromatic heterocycles. The number of benzene rings is 2. The van der Waals surface area contributed by atoms with E-state index in [2.05, 4.69) is 45.8 Å². The van der Waals surface area contributed by atoms with E-state index >= 15 is 0 Å². The van der Waals surface area contributed by atoms with Crippen molar-refractivity contribution in [2.24, 2.45) is 4.99 Å². The van der Waals surface area contributed by atoms with Gasteiger partial charge in [-0.15, -0.1) is 24.0 Å². The van der Waals surface area contributed by atoms with Crippen molar-refractivity contribution >= 4 is 29.9 Å². The van der Waals surface area contributed by atoms with E-state index in [1.807, 2.05) is 48.8 Å². The number of aliphatic imine (C=N–C) groups is 1. The molecule has 0 bridgehead atoms. The van der Waals surface area contributed by atoms with Gasteiger partial charge in [0, 0.05) is 37.9 Å². The van der Waals surface area contributed by atoms with Crippen LogP contribution in [0.5, 0.6) is 0 Å². The second-order valence-corrected chi connectivity index (χ2v) is 7.91. The van der Waals surface area contributed by atoms with Gasteiger partial charge in [-0.25, -0.2) is 9.07 Å². The summed E-state index contributed by atoms with van der Waals surface area (Å²) in [5, 5.41) is 11.3. The number of rotatable bonds is 7. The second-order valence-electron chi connectivity index (χ2n) is 7.91. The largest absolute Gasteiger partial charge is 0.352 e. The van der Waals surface area contributed by atoms with Gasteiger partial charge in [-0.3, -0.25) is 4.99 Å². The summed E-state index contributed by atoms with van der Waals surface area (Å²) in [5.74, 6) is 0.502. The van der Waals surface area contributed by atoms with Gasteiger partial charge in [-0.1, -0.05) is 24.3 Å². The van der Waals surface area contributed by atoms with Gasteiger partial charge in [-0.2, -0.15) is 5.10 Å². The Balaban J connectivity index is 0.00000363. The number of aromatic nitrogens is 2. The molecule has 0 saturated carbocycles. The monoisotopic (exact) mass is 550 g/mol. The number of aryl methyl sites for hydroxylation is 2. The van der Waals surface area contributed by atoms with E-state index in [1.165, 1.54) is 6.07 Å². The molecule has 172 valence electrons. The minimum Gasteiger partial charge on any atom is -0.352 e. The number of para-hydroxylation sites is 1. The normalized spacial score (nSPS) is 11.4. The van der Waals surface area contributed by atoms with Gasteiger partial charge >= 0.3 is 0 Å². The Kier molecular flexibility index (Phi) is 9.64. The number of nitrogens with one attached hydrogen (secondary N) is 2. The molecule has 0 atom stereocenters. The van der Waals surface area contributed by atoms with E-state index in [1.54, 1.807) is 13.1 Å². The minimum absolute atomic E-state index is 0. The molecule has 0 aliphatic carbocycles. The fourth-order valence-electron chi connectivity index (χ4n) is 3.52. The average molecular weight is 550 g/mol. The maximum Gasteiger partial charge on any atom is 0.191 e. The van der Waals surface area contributed by atoms with Gasteiger partial charge in [0.25, 0.3) is 0 Å². The van der Waals surface area contributed by atoms with Crippen LogP contribution < -0.4 is 10.6 Å². The van der Waals surface area contributed by atoms with E-state index in [-0.39, 0.29) is 29.8 Å². The SMILES string of the molecule is CN=C(NCc1ccc(F)c(CN(C)C)c1)NCc1ccccc1-n1nc(C)cc1C.I. The maximum absolute atomic E-state index is 14.0. The van der Waals surface area contributed by atoms with Gasteiger partial charge in [0.1, 0.15) is 5.82 Å². The first-order chi connectivity index (χ1) is 14.9. The Bertz CT molecular complexity index is 1060. The molecule has 0 aliphatic heterocycles. The van der Waals surface area contributed by atoms with E-state index in [0.717, 1.165) is 28.2 Å². The zero-order chi connectivity index (χ0) is 22.4. The van der Waals surface area contributed by atoms with Gasteiger partial charge in [0.05, 0.1) is 11.4 Å². The molecule has 0 fully saturated rings. The Hall–Kier alpha value is -2.46. The summed E-state index contributed by atoms with van der Waals surface area (Å²) >= 11 is 0. The third kappa shape index (κ3) is 6.77. The van der Waals surface area contributed by atoms with E-state index in [9.17, 15) is 4.39 Å². The molecule has 0 saturated heterocycles. The standard InChI is InChI=1S/C24H31FN6.HI/c1-17-12-18(2)31(29-17)23-9-7-6-8-20(23)15-28-24(26-3)27-14-19-10-11-22(25)21(13-19)16-30(4)5;/h6-13H,14-16H2,1-5H3,(H2,26,27,28);1H. The average Bonchev–Trinajstić information content (AvgIpc) is 3.08. The van der Waals surface area contributed by atoms with Crippen LogP contribution in [-0.2, 0) is 19.6 Å². The number of nitrogens with zero attached hydrogens (tertiary/aromatic N) is 4. The first kappa shape index (κ1) is 25.8. The lowest BCUT2D eigenvalue weighted by atomic mass is 10.1. The van der Waals surface area contributed by atoms with Gasteiger partial charge in [0.15, 0.2) is 5.96 Å². The molecule has 2 N–H and O–H groups in total. The molecule has 32 heavy (non-hydrogen) atoms. The highest BCUT2D eigenvalue weighted by Crippen LogP contribution is 2.17. The van der Waals surface area contributed by atoms with Crippen LogP contribution in [0.1, 0.15) is 28.1 Å². The number of hydrogen-bond acceptors (Lipinski definition) is 3. The lowest BCUT2D eigenvalue weighted by Crippen LogP contribution is -2.36. The van der Waals surface area contributed by atoms with Crippen molar-refractivity contribution in [3.05, 3.63) is 82.4 Å². The van der Waals surface area contributed by atoms with Crippen LogP contribution in [0.25, 0.3) is 5.69 Å². The van der Waals surface area contributed by atoms with Gasteiger partial charge in [-0.05, 0) is 63.3 Å². The third-order valence-electron chi connectivity index (χ3n) is 4.96. The van der Waals surface area contributed by atoms with E-state index in [4.69, 9.17) is 0 Å². The van der Waals surface area contributed by atoms with Crippen LogP contribution >= 0.6 is 24.0 Å². The summed E-state index contributed by atoms with van der Waals surface area (Å²) in [6.07, 6.45) is 0. The Labute approximate surface area is 207 Å². The third-order valence-corrected chi connectivity index (χ3v) is 4.96. The number of hydrogen-bond donors (Lipinski definition) is 2. The van der Waals surface area contributed by atoms with Gasteiger partial charge in [0.2, 0.25) is 0 Å². The zero-order valence-corrected chi connectivity index (χ0v) is 21.6. The molecule has 1 heterocycles. The molecule has 2 aromatic carbocycles. The van der Waals surface area contributed by atoms with Crippen molar-refractivity contribution < 1.29 is 4.39 Å². The van der Waals surface area contributed by atoms with Crippen LogP contribution in [0.15, 0.2) is 53.5 Å². The summed E-state index contributed by atoms with van der Waals surface area (Å²) in [7, 11) is 5.60. The lowest BCUT2D eigenvalue weighted by molar-refractivity contribution is 0.392. The Morgan fingerprint density at radius 3 is 2.41 bits per heavy atom. The van der Waals surface area contributed by atoms with Crippen LogP contribution in [0.3, 0.4) is 0 Å². The highest BCUT2D eigenvalue weighted by Gasteiger charge is 2.10. The molecular weight excluding hydrogens is 518 g/mol. The smallest absolute Gasteiger partial charge is 0.191 e. The number of halogens is 2. The predicted molar refractivity (Wildman–Crippen MR) is 139 cm³/mol. The molecule has 0 unspecified atom stereocenters. The van der Waals surface area contributed by atoms with Crippen LogP contribution in [-0.4, -0.2) is 41.8 Å². The second kappa shape index (κ2) is 12.0. The minimum atomic E-state index is -0.180. The van der Waals surface area contributed by atoms with Gasteiger partial charge < -0.3 is 15.5 Å². The van der Waals surface area contributed by atoms with Crippen molar-refractivity contribution in [2.45, 2.75) is 33.5 Å². The van der Waals surface area contributed by atoms with E-state index in [0.29, 0.717) is 31.2 Å². The fraction of sp³-hybridized carbons (Fsp3) is 0.333. The molecule has 0 radical (unpaired) electrons. The van der Waals surface area contributed by atoms with Crippen molar-refractivity contribution in [3.63, 3.8) is 0 Å².